The Morgan fingerprint density at radius 3 is 2.85 bits per heavy atom. The largest absolute Gasteiger partial charge is 0.486 e. The summed E-state index contributed by atoms with van der Waals surface area (Å²) in [6.45, 7) is 4.42. The summed E-state index contributed by atoms with van der Waals surface area (Å²) in [5.41, 5.74) is 1.12. The molecular weight excluding hydrogens is 322 g/mol. The van der Waals surface area contributed by atoms with Crippen molar-refractivity contribution in [1.82, 2.24) is 10.2 Å². The van der Waals surface area contributed by atoms with Gasteiger partial charge in [-0.25, -0.2) is 0 Å². The molecule has 1 N–H and O–H groups in total. The molecule has 1 saturated heterocycles. The lowest BCUT2D eigenvalue weighted by Crippen LogP contribution is -2.50. The lowest BCUT2D eigenvalue weighted by atomic mass is 10.1. The highest BCUT2D eigenvalue weighted by Gasteiger charge is 2.23. The first-order valence-corrected chi connectivity index (χ1v) is 7.49. The van der Waals surface area contributed by atoms with Crippen molar-refractivity contribution in [2.45, 2.75) is 12.6 Å². The fraction of sp³-hybridized carbons (Fsp3) is 0.500. The van der Waals surface area contributed by atoms with Crippen molar-refractivity contribution in [2.24, 2.45) is 0 Å². The van der Waals surface area contributed by atoms with Crippen LogP contribution >= 0.6 is 15.9 Å². The van der Waals surface area contributed by atoms with E-state index in [-0.39, 0.29) is 6.04 Å². The van der Waals surface area contributed by atoms with Gasteiger partial charge in [0.25, 0.3) is 0 Å². The molecule has 1 fully saturated rings. The highest BCUT2D eigenvalue weighted by Crippen LogP contribution is 2.36. The number of hydrogen-bond donors (Lipinski definition) is 1. The summed E-state index contributed by atoms with van der Waals surface area (Å²) in [4.78, 5) is 2.19. The number of nitrogens with one attached hydrogen (secondary N) is 1. The van der Waals surface area contributed by atoms with Crippen molar-refractivity contribution in [3.8, 4) is 17.6 Å². The predicted octanol–water partition coefficient (Wildman–Crippen LogP) is 1.52. The number of benzene rings is 1. The summed E-state index contributed by atoms with van der Waals surface area (Å²) in [6, 6.07) is 6.23. The summed E-state index contributed by atoms with van der Waals surface area (Å²) < 4.78 is 12.2. The van der Waals surface area contributed by atoms with Crippen LogP contribution in [0.4, 0.5) is 0 Å². The highest BCUT2D eigenvalue weighted by molar-refractivity contribution is 9.10. The quantitative estimate of drug-likeness (QED) is 0.886. The Balaban J connectivity index is 1.81. The molecule has 106 valence electrons. The monoisotopic (exact) mass is 337 g/mol. The molecule has 20 heavy (non-hydrogen) atoms. The summed E-state index contributed by atoms with van der Waals surface area (Å²) in [7, 11) is 0. The van der Waals surface area contributed by atoms with Crippen LogP contribution in [0.1, 0.15) is 5.56 Å². The van der Waals surface area contributed by atoms with Gasteiger partial charge in [-0.05, 0) is 17.7 Å². The Kier molecular flexibility index (Phi) is 4.10. The van der Waals surface area contributed by atoms with E-state index < -0.39 is 0 Å². The summed E-state index contributed by atoms with van der Waals surface area (Å²) in [5, 5.41) is 12.5. The molecule has 0 aliphatic carbocycles. The lowest BCUT2D eigenvalue weighted by Gasteiger charge is -2.32. The maximum absolute atomic E-state index is 9.21. The van der Waals surface area contributed by atoms with E-state index in [0.717, 1.165) is 47.7 Å². The molecule has 2 aliphatic heterocycles. The van der Waals surface area contributed by atoms with Gasteiger partial charge in [-0.2, -0.15) is 5.26 Å². The molecule has 0 aromatic heterocycles. The van der Waals surface area contributed by atoms with Gasteiger partial charge in [0, 0.05) is 30.7 Å². The van der Waals surface area contributed by atoms with E-state index in [9.17, 15) is 5.26 Å². The van der Waals surface area contributed by atoms with Crippen LogP contribution in [0.5, 0.6) is 11.5 Å². The van der Waals surface area contributed by atoms with Crippen molar-refractivity contribution in [3.05, 3.63) is 22.2 Å². The predicted molar refractivity (Wildman–Crippen MR) is 77.8 cm³/mol. The van der Waals surface area contributed by atoms with Crippen LogP contribution in [0, 0.1) is 11.3 Å². The number of fused-ring (bicyclic) bond motifs is 1. The molecule has 2 aliphatic rings. The van der Waals surface area contributed by atoms with E-state index in [1.807, 2.05) is 12.1 Å². The number of hydrogen-bond acceptors (Lipinski definition) is 5. The number of rotatable bonds is 2. The molecular formula is C14H16BrN3O2. The number of ether oxygens (including phenoxy) is 2. The minimum Gasteiger partial charge on any atom is -0.486 e. The molecule has 1 aromatic rings. The topological polar surface area (TPSA) is 57.5 Å². The number of nitriles is 1. The molecule has 0 radical (unpaired) electrons. The minimum atomic E-state index is -0.0798. The van der Waals surface area contributed by atoms with E-state index in [0.29, 0.717) is 13.2 Å². The SMILES string of the molecule is N#CC1CNCCN1Cc1cc2c(cc1Br)OCCO2. The molecule has 0 bridgehead atoms. The van der Waals surface area contributed by atoms with Crippen molar-refractivity contribution in [3.63, 3.8) is 0 Å². The smallest absolute Gasteiger partial charge is 0.162 e. The first kappa shape index (κ1) is 13.7. The van der Waals surface area contributed by atoms with Gasteiger partial charge in [0.15, 0.2) is 11.5 Å². The second-order valence-corrected chi connectivity index (χ2v) is 5.76. The first-order valence-electron chi connectivity index (χ1n) is 6.70. The Morgan fingerprint density at radius 1 is 1.35 bits per heavy atom. The molecule has 5 nitrogen and oxygen atoms in total. The summed E-state index contributed by atoms with van der Waals surface area (Å²) in [6.07, 6.45) is 0. The Labute approximate surface area is 126 Å². The zero-order valence-corrected chi connectivity index (χ0v) is 12.6. The van der Waals surface area contributed by atoms with E-state index in [1.54, 1.807) is 0 Å². The third kappa shape index (κ3) is 2.75. The van der Waals surface area contributed by atoms with Crippen LogP contribution in [-0.4, -0.2) is 43.8 Å². The summed E-state index contributed by atoms with van der Waals surface area (Å²) in [5.74, 6) is 1.57. The van der Waals surface area contributed by atoms with Crippen molar-refractivity contribution in [1.29, 1.82) is 5.26 Å². The molecule has 1 unspecified atom stereocenters. The number of piperazine rings is 1. The van der Waals surface area contributed by atoms with Crippen molar-refractivity contribution < 1.29 is 9.47 Å². The highest BCUT2D eigenvalue weighted by atomic mass is 79.9. The average molecular weight is 338 g/mol. The molecule has 3 rings (SSSR count). The van der Waals surface area contributed by atoms with Gasteiger partial charge in [0.1, 0.15) is 19.3 Å². The van der Waals surface area contributed by atoms with E-state index >= 15 is 0 Å². The van der Waals surface area contributed by atoms with E-state index in [4.69, 9.17) is 9.47 Å². The Morgan fingerprint density at radius 2 is 2.10 bits per heavy atom. The average Bonchev–Trinajstić information content (AvgIpc) is 2.48. The molecule has 0 amide bonds. The fourth-order valence-electron chi connectivity index (χ4n) is 2.51. The maximum Gasteiger partial charge on any atom is 0.162 e. The zero-order valence-electron chi connectivity index (χ0n) is 11.1. The maximum atomic E-state index is 9.21. The van der Waals surface area contributed by atoms with E-state index in [1.165, 1.54) is 0 Å². The van der Waals surface area contributed by atoms with Crippen molar-refractivity contribution >= 4 is 15.9 Å². The standard InChI is InChI=1S/C14H16BrN3O2/c15-12-6-14-13(19-3-4-20-14)5-10(12)9-18-2-1-17-8-11(18)7-16/h5-6,11,17H,1-4,8-9H2. The second kappa shape index (κ2) is 6.00. The third-order valence-electron chi connectivity index (χ3n) is 3.59. The molecule has 1 aromatic carbocycles. The van der Waals surface area contributed by atoms with Gasteiger partial charge in [-0.1, -0.05) is 15.9 Å². The number of nitrogens with zero attached hydrogens (tertiary/aromatic N) is 2. The van der Waals surface area contributed by atoms with Crippen LogP contribution in [0.2, 0.25) is 0 Å². The first-order chi connectivity index (χ1) is 9.78. The Hall–Kier alpha value is -1.29. The van der Waals surface area contributed by atoms with Gasteiger partial charge < -0.3 is 14.8 Å². The lowest BCUT2D eigenvalue weighted by molar-refractivity contribution is 0.169. The normalized spacial score (nSPS) is 22.3. The second-order valence-electron chi connectivity index (χ2n) is 4.91. The van der Waals surface area contributed by atoms with Crippen molar-refractivity contribution in [2.75, 3.05) is 32.8 Å². The molecule has 0 spiro atoms. The molecule has 0 saturated carbocycles. The third-order valence-corrected chi connectivity index (χ3v) is 4.33. The van der Waals surface area contributed by atoms with Gasteiger partial charge >= 0.3 is 0 Å². The summed E-state index contributed by atoms with van der Waals surface area (Å²) >= 11 is 3.58. The van der Waals surface area contributed by atoms with Crippen LogP contribution in [0.25, 0.3) is 0 Å². The van der Waals surface area contributed by atoms with Gasteiger partial charge in [0.2, 0.25) is 0 Å². The zero-order chi connectivity index (χ0) is 13.9. The number of halogens is 1. The minimum absolute atomic E-state index is 0.0798. The van der Waals surface area contributed by atoms with Crippen LogP contribution in [0.3, 0.4) is 0 Å². The van der Waals surface area contributed by atoms with E-state index in [2.05, 4.69) is 32.2 Å². The van der Waals surface area contributed by atoms with Gasteiger partial charge in [-0.15, -0.1) is 0 Å². The van der Waals surface area contributed by atoms with Gasteiger partial charge in [-0.3, -0.25) is 4.90 Å². The van der Waals surface area contributed by atoms with Crippen LogP contribution in [0.15, 0.2) is 16.6 Å². The molecule has 6 heteroatoms. The fourth-order valence-corrected chi connectivity index (χ4v) is 2.96. The van der Waals surface area contributed by atoms with Gasteiger partial charge in [0.05, 0.1) is 6.07 Å². The Bertz CT molecular complexity index is 544. The van der Waals surface area contributed by atoms with Crippen LogP contribution < -0.4 is 14.8 Å². The molecule has 1 atom stereocenters. The van der Waals surface area contributed by atoms with Crippen LogP contribution in [-0.2, 0) is 6.54 Å². The molecule has 2 heterocycles.